The Morgan fingerprint density at radius 3 is 2.50 bits per heavy atom. The van der Waals surface area contributed by atoms with Gasteiger partial charge in [-0.1, -0.05) is 41.4 Å². The Morgan fingerprint density at radius 1 is 1.03 bits per heavy atom. The number of amides is 1. The van der Waals surface area contributed by atoms with Crippen molar-refractivity contribution in [1.29, 1.82) is 0 Å². The molecule has 0 aliphatic rings. The predicted molar refractivity (Wildman–Crippen MR) is 113 cm³/mol. The van der Waals surface area contributed by atoms with Gasteiger partial charge in [-0.25, -0.2) is 27.2 Å². The molecule has 0 spiro atoms. The van der Waals surface area contributed by atoms with Crippen LogP contribution in [0.1, 0.15) is 46.1 Å². The molecule has 0 unspecified atom stereocenters. The molecule has 4 aromatic rings. The standard InChI is InChI=1S/C20H14Cl2F4N6O2/c21-12-4-2-1-3-10(12)7-31-9-27-20(30-31)28-19(33)13-6-5-11(34-13)8-32-16(18(25)26)14(22)15(29-32)17(23)24/h1-6,9,17-18H,7-8H2,(H,28,30,33). The van der Waals surface area contributed by atoms with Gasteiger partial charge in [-0.3, -0.25) is 14.8 Å². The molecule has 4 rings (SSSR count). The lowest BCUT2D eigenvalue weighted by Crippen LogP contribution is -2.13. The summed E-state index contributed by atoms with van der Waals surface area (Å²) in [6.45, 7) is -0.114. The van der Waals surface area contributed by atoms with Crippen LogP contribution >= 0.6 is 23.2 Å². The second-order valence-electron chi connectivity index (χ2n) is 6.92. The predicted octanol–water partition coefficient (Wildman–Crippen LogP) is 5.60. The van der Waals surface area contributed by atoms with E-state index in [0.717, 1.165) is 5.56 Å². The minimum absolute atomic E-state index is 0.00424. The Bertz CT molecular complexity index is 1320. The topological polar surface area (TPSA) is 90.8 Å². The molecule has 0 saturated carbocycles. The summed E-state index contributed by atoms with van der Waals surface area (Å²) in [6, 6.07) is 9.79. The first-order valence-electron chi connectivity index (χ1n) is 9.58. The van der Waals surface area contributed by atoms with Gasteiger partial charge in [-0.15, -0.1) is 5.10 Å². The van der Waals surface area contributed by atoms with Crippen molar-refractivity contribution in [2.45, 2.75) is 25.9 Å². The van der Waals surface area contributed by atoms with E-state index in [1.807, 2.05) is 12.1 Å². The van der Waals surface area contributed by atoms with E-state index in [0.29, 0.717) is 16.2 Å². The van der Waals surface area contributed by atoms with Crippen molar-refractivity contribution in [1.82, 2.24) is 24.5 Å². The second kappa shape index (κ2) is 9.85. The van der Waals surface area contributed by atoms with E-state index in [1.54, 1.807) is 12.1 Å². The highest BCUT2D eigenvalue weighted by molar-refractivity contribution is 6.32. The number of hydrogen-bond acceptors (Lipinski definition) is 5. The van der Waals surface area contributed by atoms with Gasteiger partial charge in [-0.05, 0) is 23.8 Å². The fourth-order valence-electron chi connectivity index (χ4n) is 3.07. The van der Waals surface area contributed by atoms with Crippen LogP contribution in [-0.2, 0) is 13.1 Å². The summed E-state index contributed by atoms with van der Waals surface area (Å²) in [4.78, 5) is 16.4. The number of hydrogen-bond donors (Lipinski definition) is 1. The molecule has 0 bridgehead atoms. The van der Waals surface area contributed by atoms with Gasteiger partial charge in [0.2, 0.25) is 5.95 Å². The molecule has 8 nitrogen and oxygen atoms in total. The normalized spacial score (nSPS) is 11.5. The van der Waals surface area contributed by atoms with Gasteiger partial charge in [0.1, 0.15) is 23.5 Å². The van der Waals surface area contributed by atoms with Gasteiger partial charge in [-0.2, -0.15) is 5.10 Å². The molecular weight excluding hydrogens is 503 g/mol. The number of rotatable bonds is 8. The molecule has 0 saturated heterocycles. The van der Waals surface area contributed by atoms with Crippen molar-refractivity contribution < 1.29 is 26.8 Å². The largest absolute Gasteiger partial charge is 0.454 e. The number of aromatic nitrogens is 5. The smallest absolute Gasteiger partial charge is 0.293 e. The molecule has 3 heterocycles. The second-order valence-corrected chi connectivity index (χ2v) is 7.71. The van der Waals surface area contributed by atoms with Crippen LogP contribution in [0.3, 0.4) is 0 Å². The van der Waals surface area contributed by atoms with Crippen molar-refractivity contribution >= 4 is 35.1 Å². The summed E-state index contributed by atoms with van der Waals surface area (Å²) >= 11 is 11.8. The molecule has 0 aliphatic carbocycles. The fourth-order valence-corrected chi connectivity index (χ4v) is 3.56. The van der Waals surface area contributed by atoms with Crippen molar-refractivity contribution in [2.24, 2.45) is 0 Å². The zero-order valence-corrected chi connectivity index (χ0v) is 18.4. The summed E-state index contributed by atoms with van der Waals surface area (Å²) in [5.41, 5.74) is -1.02. The summed E-state index contributed by atoms with van der Waals surface area (Å²) in [6.07, 6.45) is -4.87. The quantitative estimate of drug-likeness (QED) is 0.308. The van der Waals surface area contributed by atoms with Gasteiger partial charge < -0.3 is 4.42 Å². The number of alkyl halides is 4. The maximum Gasteiger partial charge on any atom is 0.293 e. The van der Waals surface area contributed by atoms with Gasteiger partial charge in [0.25, 0.3) is 18.8 Å². The third kappa shape index (κ3) is 5.07. The van der Waals surface area contributed by atoms with E-state index in [-0.39, 0.29) is 17.5 Å². The summed E-state index contributed by atoms with van der Waals surface area (Å²) in [5.74, 6) is -0.870. The number of benzene rings is 1. The van der Waals surface area contributed by atoms with Crippen LogP contribution in [0.15, 0.2) is 47.1 Å². The summed E-state index contributed by atoms with van der Waals surface area (Å²) < 4.78 is 60.0. The minimum Gasteiger partial charge on any atom is -0.454 e. The van der Waals surface area contributed by atoms with Gasteiger partial charge >= 0.3 is 0 Å². The maximum absolute atomic E-state index is 13.3. The number of anilines is 1. The van der Waals surface area contributed by atoms with Crippen molar-refractivity contribution in [3.8, 4) is 0 Å². The van der Waals surface area contributed by atoms with Crippen LogP contribution in [-0.4, -0.2) is 30.5 Å². The summed E-state index contributed by atoms with van der Waals surface area (Å²) in [7, 11) is 0. The highest BCUT2D eigenvalue weighted by atomic mass is 35.5. The average Bonchev–Trinajstić information content (AvgIpc) is 3.49. The number of nitrogens with one attached hydrogen (secondary N) is 1. The number of furan rings is 1. The van der Waals surface area contributed by atoms with Crippen LogP contribution in [0.2, 0.25) is 10.0 Å². The Morgan fingerprint density at radius 2 is 1.79 bits per heavy atom. The van der Waals surface area contributed by atoms with Gasteiger partial charge in [0.15, 0.2) is 5.76 Å². The van der Waals surface area contributed by atoms with Crippen LogP contribution < -0.4 is 5.32 Å². The lowest BCUT2D eigenvalue weighted by Gasteiger charge is -2.05. The molecule has 1 N–H and O–H groups in total. The molecule has 0 aliphatic heterocycles. The van der Waals surface area contributed by atoms with Crippen LogP contribution in [0.25, 0.3) is 0 Å². The number of nitrogens with zero attached hydrogens (tertiary/aromatic N) is 5. The minimum atomic E-state index is -3.14. The first-order chi connectivity index (χ1) is 16.2. The number of carbonyl (C=O) groups excluding carboxylic acids is 1. The molecule has 0 atom stereocenters. The molecular formula is C20H14Cl2F4N6O2. The molecule has 1 amide bonds. The van der Waals surface area contributed by atoms with E-state index < -0.39 is 41.7 Å². The average molecular weight is 517 g/mol. The van der Waals surface area contributed by atoms with Crippen molar-refractivity contribution in [2.75, 3.05) is 5.32 Å². The Kier molecular flexibility index (Phi) is 6.89. The Hall–Kier alpha value is -3.38. The molecule has 1 aromatic carbocycles. The molecule has 0 radical (unpaired) electrons. The third-order valence-electron chi connectivity index (χ3n) is 4.61. The highest BCUT2D eigenvalue weighted by Gasteiger charge is 2.28. The zero-order valence-electron chi connectivity index (χ0n) is 16.9. The van der Waals surface area contributed by atoms with Crippen LogP contribution in [0.4, 0.5) is 23.5 Å². The van der Waals surface area contributed by atoms with Crippen molar-refractivity contribution in [3.63, 3.8) is 0 Å². The van der Waals surface area contributed by atoms with E-state index in [1.165, 1.54) is 23.1 Å². The number of halogens is 6. The maximum atomic E-state index is 13.3. The molecule has 0 fully saturated rings. The van der Waals surface area contributed by atoms with Crippen LogP contribution in [0, 0.1) is 0 Å². The SMILES string of the molecule is O=C(Nc1ncn(Cc2ccccc2Cl)n1)c1ccc(Cn2nc(C(F)F)c(Cl)c2C(F)F)o1. The fraction of sp³-hybridized carbons (Fsp3) is 0.200. The molecule has 178 valence electrons. The monoisotopic (exact) mass is 516 g/mol. The third-order valence-corrected chi connectivity index (χ3v) is 5.37. The lowest BCUT2D eigenvalue weighted by atomic mass is 10.2. The summed E-state index contributed by atoms with van der Waals surface area (Å²) in [5, 5.41) is 9.78. The molecule has 34 heavy (non-hydrogen) atoms. The first kappa shape index (κ1) is 23.8. The van der Waals surface area contributed by atoms with E-state index in [2.05, 4.69) is 20.5 Å². The molecule has 3 aromatic heterocycles. The highest BCUT2D eigenvalue weighted by Crippen LogP contribution is 2.35. The first-order valence-corrected chi connectivity index (χ1v) is 10.3. The lowest BCUT2D eigenvalue weighted by molar-refractivity contribution is 0.0993. The zero-order chi connectivity index (χ0) is 24.4. The van der Waals surface area contributed by atoms with Gasteiger partial charge in [0, 0.05) is 5.02 Å². The van der Waals surface area contributed by atoms with Crippen molar-refractivity contribution in [3.05, 3.63) is 81.2 Å². The Balaban J connectivity index is 1.44. The van der Waals surface area contributed by atoms with E-state index >= 15 is 0 Å². The van der Waals surface area contributed by atoms with Gasteiger partial charge in [0.05, 0.1) is 18.1 Å². The van der Waals surface area contributed by atoms with Crippen LogP contribution in [0.5, 0.6) is 0 Å². The van der Waals surface area contributed by atoms with E-state index in [9.17, 15) is 22.4 Å². The molecule has 14 heteroatoms. The number of carbonyl (C=O) groups is 1. The van der Waals surface area contributed by atoms with E-state index in [4.69, 9.17) is 27.6 Å². The Labute approximate surface area is 199 Å².